The number of likely N-dealkylation sites (N-methyl/N-ethyl adjacent to an activating group) is 2. The monoisotopic (exact) mass is 274 g/mol. The highest BCUT2D eigenvalue weighted by atomic mass is 79.9. The van der Waals surface area contributed by atoms with Crippen LogP contribution in [0, 0.1) is 5.82 Å². The van der Waals surface area contributed by atoms with Gasteiger partial charge in [-0.1, -0.05) is 22.0 Å². The minimum absolute atomic E-state index is 0.152. The second-order valence-electron chi connectivity index (χ2n) is 3.58. The second kappa shape index (κ2) is 6.20. The number of rotatable bonds is 5. The molecule has 15 heavy (non-hydrogen) atoms. The second-order valence-corrected chi connectivity index (χ2v) is 4.49. The summed E-state index contributed by atoms with van der Waals surface area (Å²) in [5, 5.41) is 3.07. The Balaban J connectivity index is 2.56. The van der Waals surface area contributed by atoms with Gasteiger partial charge in [-0.05, 0) is 26.2 Å². The van der Waals surface area contributed by atoms with Crippen LogP contribution in [0.25, 0.3) is 0 Å². The summed E-state index contributed by atoms with van der Waals surface area (Å²) >= 11 is 3.24. The van der Waals surface area contributed by atoms with Gasteiger partial charge in [0.25, 0.3) is 0 Å². The number of nitrogens with one attached hydrogen (secondary N) is 1. The van der Waals surface area contributed by atoms with Gasteiger partial charge in [-0.25, -0.2) is 4.39 Å². The molecule has 0 heterocycles. The highest BCUT2D eigenvalue weighted by Gasteiger charge is 2.05. The zero-order valence-corrected chi connectivity index (χ0v) is 10.6. The maximum absolute atomic E-state index is 13.5. The molecule has 0 saturated heterocycles. The molecule has 0 bridgehead atoms. The van der Waals surface area contributed by atoms with Crippen LogP contribution in [0.5, 0.6) is 0 Å². The van der Waals surface area contributed by atoms with Crippen LogP contribution >= 0.6 is 15.9 Å². The van der Waals surface area contributed by atoms with Crippen molar-refractivity contribution < 1.29 is 4.39 Å². The molecule has 1 rings (SSSR count). The zero-order valence-electron chi connectivity index (χ0n) is 9.06. The maximum atomic E-state index is 13.5. The lowest BCUT2D eigenvalue weighted by molar-refractivity contribution is 0.322. The Labute approximate surface area is 98.6 Å². The fourth-order valence-electron chi connectivity index (χ4n) is 1.32. The topological polar surface area (TPSA) is 15.3 Å². The molecule has 0 unspecified atom stereocenters. The summed E-state index contributed by atoms with van der Waals surface area (Å²) in [6.07, 6.45) is 0. The Kier molecular flexibility index (Phi) is 5.22. The maximum Gasteiger partial charge on any atom is 0.128 e. The third-order valence-electron chi connectivity index (χ3n) is 2.20. The summed E-state index contributed by atoms with van der Waals surface area (Å²) in [5.41, 5.74) is 0.733. The van der Waals surface area contributed by atoms with Crippen LogP contribution in [0.1, 0.15) is 5.56 Å². The molecule has 0 fully saturated rings. The van der Waals surface area contributed by atoms with Crippen molar-refractivity contribution in [2.75, 3.05) is 27.2 Å². The van der Waals surface area contributed by atoms with Crippen molar-refractivity contribution in [2.45, 2.75) is 6.54 Å². The molecule has 1 aromatic carbocycles. The first-order valence-corrected chi connectivity index (χ1v) is 5.70. The molecule has 0 atom stereocenters. The van der Waals surface area contributed by atoms with Gasteiger partial charge >= 0.3 is 0 Å². The molecule has 0 aliphatic rings. The first-order chi connectivity index (χ1) is 7.13. The molecule has 0 aliphatic carbocycles. The van der Waals surface area contributed by atoms with E-state index in [0.717, 1.165) is 23.1 Å². The number of hydrogen-bond donors (Lipinski definition) is 1. The van der Waals surface area contributed by atoms with Crippen LogP contribution in [0.4, 0.5) is 4.39 Å². The molecule has 2 nitrogen and oxygen atoms in total. The van der Waals surface area contributed by atoms with Crippen molar-refractivity contribution in [1.82, 2.24) is 10.2 Å². The van der Waals surface area contributed by atoms with Gasteiger partial charge in [-0.2, -0.15) is 0 Å². The van der Waals surface area contributed by atoms with E-state index in [-0.39, 0.29) is 5.82 Å². The predicted molar refractivity (Wildman–Crippen MR) is 64.4 cm³/mol. The zero-order chi connectivity index (χ0) is 11.3. The molecule has 0 saturated carbocycles. The number of benzene rings is 1. The number of halogens is 2. The molecular weight excluding hydrogens is 259 g/mol. The molecule has 0 aromatic heterocycles. The van der Waals surface area contributed by atoms with E-state index in [1.54, 1.807) is 0 Å². The van der Waals surface area contributed by atoms with Gasteiger partial charge in [0.2, 0.25) is 0 Å². The summed E-state index contributed by atoms with van der Waals surface area (Å²) in [6.45, 7) is 2.46. The summed E-state index contributed by atoms with van der Waals surface area (Å²) < 4.78 is 14.2. The molecule has 0 amide bonds. The third-order valence-corrected chi connectivity index (χ3v) is 2.69. The van der Waals surface area contributed by atoms with Crippen molar-refractivity contribution in [2.24, 2.45) is 0 Å². The Morgan fingerprint density at radius 3 is 2.80 bits per heavy atom. The van der Waals surface area contributed by atoms with Crippen molar-refractivity contribution in [3.05, 3.63) is 34.1 Å². The molecule has 1 N–H and O–H groups in total. The van der Waals surface area contributed by atoms with Crippen LogP contribution in [-0.2, 0) is 6.54 Å². The lowest BCUT2D eigenvalue weighted by Crippen LogP contribution is -2.27. The third kappa shape index (κ3) is 4.28. The standard InChI is InChI=1S/C11H16BrFN2/c1-14-5-6-15(2)8-9-3-4-10(12)7-11(9)13/h3-4,7,14H,5-6,8H2,1-2H3. The van der Waals surface area contributed by atoms with E-state index in [1.165, 1.54) is 6.07 Å². The largest absolute Gasteiger partial charge is 0.318 e. The van der Waals surface area contributed by atoms with Gasteiger partial charge in [-0.15, -0.1) is 0 Å². The molecule has 84 valence electrons. The van der Waals surface area contributed by atoms with Crippen LogP contribution in [0.3, 0.4) is 0 Å². The summed E-state index contributed by atoms with van der Waals surface area (Å²) in [5.74, 6) is -0.152. The highest BCUT2D eigenvalue weighted by molar-refractivity contribution is 9.10. The van der Waals surface area contributed by atoms with Crippen LogP contribution in [0.15, 0.2) is 22.7 Å². The van der Waals surface area contributed by atoms with Crippen molar-refractivity contribution in [3.8, 4) is 0 Å². The van der Waals surface area contributed by atoms with Crippen LogP contribution in [0.2, 0.25) is 0 Å². The van der Waals surface area contributed by atoms with E-state index >= 15 is 0 Å². The Morgan fingerprint density at radius 2 is 2.20 bits per heavy atom. The SMILES string of the molecule is CNCCN(C)Cc1ccc(Br)cc1F. The lowest BCUT2D eigenvalue weighted by Gasteiger charge is -2.16. The lowest BCUT2D eigenvalue weighted by atomic mass is 10.2. The Bertz CT molecular complexity index is 317. The van der Waals surface area contributed by atoms with E-state index in [2.05, 4.69) is 26.1 Å². The molecular formula is C11H16BrFN2. The minimum atomic E-state index is -0.152. The van der Waals surface area contributed by atoms with E-state index in [4.69, 9.17) is 0 Å². The van der Waals surface area contributed by atoms with Crippen molar-refractivity contribution in [3.63, 3.8) is 0 Å². The number of nitrogens with zero attached hydrogens (tertiary/aromatic N) is 1. The van der Waals surface area contributed by atoms with Gasteiger partial charge in [0.1, 0.15) is 5.82 Å². The molecule has 0 aliphatic heterocycles. The Morgan fingerprint density at radius 1 is 1.47 bits per heavy atom. The van der Waals surface area contributed by atoms with Gasteiger partial charge in [0.05, 0.1) is 0 Å². The van der Waals surface area contributed by atoms with Gasteiger partial charge in [-0.3, -0.25) is 0 Å². The fraction of sp³-hybridized carbons (Fsp3) is 0.455. The summed E-state index contributed by atoms with van der Waals surface area (Å²) in [6, 6.07) is 5.18. The molecule has 4 heteroatoms. The normalized spacial score (nSPS) is 11.0. The molecule has 0 radical (unpaired) electrons. The van der Waals surface area contributed by atoms with Gasteiger partial charge in [0.15, 0.2) is 0 Å². The average molecular weight is 275 g/mol. The summed E-state index contributed by atoms with van der Waals surface area (Å²) in [7, 11) is 3.90. The Hall–Kier alpha value is -0.450. The van der Waals surface area contributed by atoms with Crippen molar-refractivity contribution >= 4 is 15.9 Å². The molecule has 1 aromatic rings. The first kappa shape index (κ1) is 12.6. The smallest absolute Gasteiger partial charge is 0.128 e. The van der Waals surface area contributed by atoms with Crippen LogP contribution in [-0.4, -0.2) is 32.1 Å². The quantitative estimate of drug-likeness (QED) is 0.886. The minimum Gasteiger partial charge on any atom is -0.318 e. The number of hydrogen-bond acceptors (Lipinski definition) is 2. The van der Waals surface area contributed by atoms with Crippen molar-refractivity contribution in [1.29, 1.82) is 0 Å². The van der Waals surface area contributed by atoms with E-state index in [1.807, 2.05) is 26.2 Å². The van der Waals surface area contributed by atoms with E-state index < -0.39 is 0 Å². The van der Waals surface area contributed by atoms with Gasteiger partial charge in [0, 0.05) is 29.7 Å². The van der Waals surface area contributed by atoms with Crippen LogP contribution < -0.4 is 5.32 Å². The molecule has 0 spiro atoms. The predicted octanol–water partition coefficient (Wildman–Crippen LogP) is 2.24. The average Bonchev–Trinajstić information content (AvgIpc) is 2.19. The van der Waals surface area contributed by atoms with Gasteiger partial charge < -0.3 is 10.2 Å². The van der Waals surface area contributed by atoms with E-state index in [0.29, 0.717) is 6.54 Å². The highest BCUT2D eigenvalue weighted by Crippen LogP contribution is 2.16. The summed E-state index contributed by atoms with van der Waals surface area (Å²) in [4.78, 5) is 2.09. The fourth-order valence-corrected chi connectivity index (χ4v) is 1.66. The first-order valence-electron chi connectivity index (χ1n) is 4.90. The van der Waals surface area contributed by atoms with E-state index in [9.17, 15) is 4.39 Å².